The topological polar surface area (TPSA) is 17.1 Å². The van der Waals surface area contributed by atoms with Gasteiger partial charge in [-0.2, -0.15) is 0 Å². The predicted molar refractivity (Wildman–Crippen MR) is 98.5 cm³/mol. The van der Waals surface area contributed by atoms with E-state index in [0.29, 0.717) is 6.42 Å². The molecule has 3 aromatic carbocycles. The average Bonchev–Trinajstić information content (AvgIpc) is 2.63. The molecule has 0 fully saturated rings. The molecule has 0 amide bonds. The molecule has 0 spiro atoms. The van der Waals surface area contributed by atoms with E-state index in [1.807, 2.05) is 91.0 Å². The van der Waals surface area contributed by atoms with Gasteiger partial charge < -0.3 is 0 Å². The lowest BCUT2D eigenvalue weighted by Gasteiger charge is -2.29. The van der Waals surface area contributed by atoms with E-state index in [0.717, 1.165) is 16.7 Å². The van der Waals surface area contributed by atoms with Crippen molar-refractivity contribution in [1.29, 1.82) is 0 Å². The molecule has 0 aliphatic rings. The number of hydrogen-bond acceptors (Lipinski definition) is 1. The number of ketones is 1. The van der Waals surface area contributed by atoms with Gasteiger partial charge in [-0.25, -0.2) is 0 Å². The quantitative estimate of drug-likeness (QED) is 0.628. The van der Waals surface area contributed by atoms with E-state index in [1.165, 1.54) is 0 Å². The standard InChI is InChI=1S/C21H19OP/c22-20(16-17-10-4-1-5-11-17)21(23,18-12-6-2-7-13-18)19-14-8-3-9-15-19/h1-15H,16,23H2. The Bertz CT molecular complexity index is 727. The molecule has 2 heteroatoms. The van der Waals surface area contributed by atoms with E-state index < -0.39 is 5.16 Å². The molecular weight excluding hydrogens is 299 g/mol. The molecule has 114 valence electrons. The van der Waals surface area contributed by atoms with Gasteiger partial charge in [0.05, 0.1) is 5.16 Å². The number of benzene rings is 3. The van der Waals surface area contributed by atoms with Crippen molar-refractivity contribution >= 4 is 15.0 Å². The van der Waals surface area contributed by atoms with E-state index in [1.54, 1.807) is 0 Å². The maximum Gasteiger partial charge on any atom is 0.155 e. The second kappa shape index (κ2) is 6.89. The summed E-state index contributed by atoms with van der Waals surface area (Å²) in [5, 5.41) is -0.724. The number of rotatable bonds is 5. The van der Waals surface area contributed by atoms with Crippen molar-refractivity contribution in [1.82, 2.24) is 0 Å². The zero-order chi connectivity index (χ0) is 16.1. The molecular formula is C21H19OP. The van der Waals surface area contributed by atoms with Crippen LogP contribution in [0.15, 0.2) is 91.0 Å². The van der Waals surface area contributed by atoms with Gasteiger partial charge in [-0.1, -0.05) is 91.0 Å². The van der Waals surface area contributed by atoms with Gasteiger partial charge in [0, 0.05) is 6.42 Å². The molecule has 0 saturated heterocycles. The molecule has 1 nitrogen and oxygen atoms in total. The Balaban J connectivity index is 2.04. The molecule has 3 rings (SSSR count). The molecule has 0 saturated carbocycles. The highest BCUT2D eigenvalue weighted by Gasteiger charge is 2.36. The summed E-state index contributed by atoms with van der Waals surface area (Å²) in [6.07, 6.45) is 0.411. The second-order valence-electron chi connectivity index (χ2n) is 5.63. The summed E-state index contributed by atoms with van der Waals surface area (Å²) in [7, 11) is 2.81. The number of carbonyl (C=O) groups is 1. The Hall–Kier alpha value is -2.24. The van der Waals surface area contributed by atoms with Gasteiger partial charge >= 0.3 is 0 Å². The Morgan fingerprint density at radius 3 is 1.52 bits per heavy atom. The molecule has 0 aromatic heterocycles. The normalized spacial score (nSPS) is 11.2. The Morgan fingerprint density at radius 2 is 1.09 bits per heavy atom. The summed E-state index contributed by atoms with van der Waals surface area (Å²) in [5.74, 6) is 0.172. The highest BCUT2D eigenvalue weighted by Crippen LogP contribution is 2.40. The lowest BCUT2D eigenvalue weighted by molar-refractivity contribution is -0.120. The van der Waals surface area contributed by atoms with E-state index in [9.17, 15) is 4.79 Å². The lowest BCUT2D eigenvalue weighted by Crippen LogP contribution is -2.32. The van der Waals surface area contributed by atoms with Crippen LogP contribution in [0.2, 0.25) is 0 Å². The zero-order valence-corrected chi connectivity index (χ0v) is 14.0. The minimum absolute atomic E-state index is 0.172. The van der Waals surface area contributed by atoms with Gasteiger partial charge in [0.25, 0.3) is 0 Å². The van der Waals surface area contributed by atoms with Crippen molar-refractivity contribution in [3.8, 4) is 0 Å². The van der Waals surface area contributed by atoms with Gasteiger partial charge in [0.1, 0.15) is 0 Å². The van der Waals surface area contributed by atoms with Gasteiger partial charge in [0.2, 0.25) is 0 Å². The molecule has 0 N–H and O–H groups in total. The third-order valence-electron chi connectivity index (χ3n) is 4.11. The first kappa shape index (κ1) is 15.6. The van der Waals surface area contributed by atoms with Crippen LogP contribution in [0.4, 0.5) is 0 Å². The van der Waals surface area contributed by atoms with Crippen LogP contribution in [0, 0.1) is 0 Å². The van der Waals surface area contributed by atoms with Gasteiger partial charge in [-0.05, 0) is 16.7 Å². The summed E-state index contributed by atoms with van der Waals surface area (Å²) >= 11 is 0. The van der Waals surface area contributed by atoms with Crippen molar-refractivity contribution in [3.05, 3.63) is 108 Å². The fraction of sp³-hybridized carbons (Fsp3) is 0.0952. The first-order valence-corrected chi connectivity index (χ1v) is 8.26. The summed E-state index contributed by atoms with van der Waals surface area (Å²) in [5.41, 5.74) is 3.03. The van der Waals surface area contributed by atoms with Crippen LogP contribution >= 0.6 is 9.24 Å². The smallest absolute Gasteiger partial charge is 0.155 e. The van der Waals surface area contributed by atoms with Crippen LogP contribution in [0.1, 0.15) is 16.7 Å². The summed E-state index contributed by atoms with van der Waals surface area (Å²) in [4.78, 5) is 13.2. The van der Waals surface area contributed by atoms with Crippen molar-refractivity contribution < 1.29 is 4.79 Å². The molecule has 1 atom stereocenters. The van der Waals surface area contributed by atoms with Crippen LogP contribution in [0.3, 0.4) is 0 Å². The molecule has 0 bridgehead atoms. The lowest BCUT2D eigenvalue weighted by atomic mass is 9.84. The fourth-order valence-electron chi connectivity index (χ4n) is 2.81. The van der Waals surface area contributed by atoms with Gasteiger partial charge in [-0.15, -0.1) is 9.24 Å². The van der Waals surface area contributed by atoms with E-state index in [4.69, 9.17) is 0 Å². The predicted octanol–water partition coefficient (Wildman–Crippen LogP) is 4.62. The molecule has 0 aliphatic carbocycles. The Kier molecular flexibility index (Phi) is 4.69. The minimum Gasteiger partial charge on any atom is -0.298 e. The average molecular weight is 318 g/mol. The van der Waals surface area contributed by atoms with Crippen molar-refractivity contribution in [3.63, 3.8) is 0 Å². The van der Waals surface area contributed by atoms with E-state index in [2.05, 4.69) is 9.24 Å². The summed E-state index contributed by atoms with van der Waals surface area (Å²) < 4.78 is 0. The Morgan fingerprint density at radius 1 is 0.696 bits per heavy atom. The third kappa shape index (κ3) is 3.25. The van der Waals surface area contributed by atoms with Gasteiger partial charge in [-0.3, -0.25) is 4.79 Å². The Labute approximate surface area is 139 Å². The second-order valence-corrected chi connectivity index (χ2v) is 6.49. The monoisotopic (exact) mass is 318 g/mol. The molecule has 0 heterocycles. The molecule has 23 heavy (non-hydrogen) atoms. The first-order chi connectivity index (χ1) is 11.2. The SMILES string of the molecule is O=C(Cc1ccccc1)C(P)(c1ccccc1)c1ccccc1. The van der Waals surface area contributed by atoms with Crippen molar-refractivity contribution in [2.45, 2.75) is 11.6 Å². The number of carbonyl (C=O) groups excluding carboxylic acids is 1. The molecule has 0 radical (unpaired) electrons. The summed E-state index contributed by atoms with van der Waals surface area (Å²) in [6, 6.07) is 29.8. The maximum absolute atomic E-state index is 13.2. The molecule has 0 aliphatic heterocycles. The number of hydrogen-bond donors (Lipinski definition) is 0. The van der Waals surface area contributed by atoms with Crippen LogP contribution in [-0.4, -0.2) is 5.78 Å². The largest absolute Gasteiger partial charge is 0.298 e. The minimum atomic E-state index is -0.724. The maximum atomic E-state index is 13.2. The van der Waals surface area contributed by atoms with Gasteiger partial charge in [0.15, 0.2) is 5.78 Å². The zero-order valence-electron chi connectivity index (χ0n) is 12.9. The highest BCUT2D eigenvalue weighted by molar-refractivity contribution is 7.21. The number of Topliss-reactive ketones (excluding diaryl/α,β-unsaturated/α-hetero) is 1. The van der Waals surface area contributed by atoms with Crippen LogP contribution in [0.5, 0.6) is 0 Å². The van der Waals surface area contributed by atoms with Crippen LogP contribution in [-0.2, 0) is 16.4 Å². The van der Waals surface area contributed by atoms with Crippen LogP contribution in [0.25, 0.3) is 0 Å². The van der Waals surface area contributed by atoms with Crippen LogP contribution < -0.4 is 0 Å². The van der Waals surface area contributed by atoms with Crippen molar-refractivity contribution in [2.24, 2.45) is 0 Å². The third-order valence-corrected chi connectivity index (χ3v) is 5.09. The van der Waals surface area contributed by atoms with Crippen molar-refractivity contribution in [2.75, 3.05) is 0 Å². The molecule has 1 unspecified atom stereocenters. The summed E-state index contributed by atoms with van der Waals surface area (Å²) in [6.45, 7) is 0. The van der Waals surface area contributed by atoms with E-state index >= 15 is 0 Å². The highest BCUT2D eigenvalue weighted by atomic mass is 31.0. The molecule has 3 aromatic rings. The van der Waals surface area contributed by atoms with E-state index in [-0.39, 0.29) is 5.78 Å². The first-order valence-electron chi connectivity index (χ1n) is 7.68. The fourth-order valence-corrected chi connectivity index (χ4v) is 3.30.